The van der Waals surface area contributed by atoms with Crippen LogP contribution in [0.1, 0.15) is 45.2 Å². The highest BCUT2D eigenvalue weighted by molar-refractivity contribution is 6.33. The van der Waals surface area contributed by atoms with Crippen LogP contribution in [0, 0.1) is 5.92 Å². The van der Waals surface area contributed by atoms with Crippen molar-refractivity contribution in [3.8, 4) is 0 Å². The summed E-state index contributed by atoms with van der Waals surface area (Å²) in [4.78, 5) is 2.41. The third-order valence-electron chi connectivity index (χ3n) is 3.58. The van der Waals surface area contributed by atoms with Gasteiger partial charge in [-0.25, -0.2) is 0 Å². The minimum atomic E-state index is 0.0347. The van der Waals surface area contributed by atoms with E-state index in [1.54, 1.807) is 0 Å². The fourth-order valence-electron chi connectivity index (χ4n) is 2.21. The number of hydrogen-bond acceptors (Lipinski definition) is 2. The van der Waals surface area contributed by atoms with Crippen LogP contribution in [0.5, 0.6) is 0 Å². The Morgan fingerprint density at radius 1 is 1.33 bits per heavy atom. The molecule has 18 heavy (non-hydrogen) atoms. The molecule has 1 aromatic rings. The Balaban J connectivity index is 2.23. The summed E-state index contributed by atoms with van der Waals surface area (Å²) in [5.74, 6) is 0.858. The first-order valence-corrected chi connectivity index (χ1v) is 7.18. The summed E-state index contributed by atoms with van der Waals surface area (Å²) < 4.78 is 0. The van der Waals surface area contributed by atoms with Gasteiger partial charge in [0.15, 0.2) is 0 Å². The highest BCUT2D eigenvalue weighted by atomic mass is 35.5. The molecule has 1 aromatic carbocycles. The van der Waals surface area contributed by atoms with Gasteiger partial charge in [-0.2, -0.15) is 0 Å². The molecule has 1 atom stereocenters. The lowest BCUT2D eigenvalue weighted by molar-refractivity contribution is 0.644. The average molecular weight is 267 g/mol. The van der Waals surface area contributed by atoms with Gasteiger partial charge in [0.05, 0.1) is 10.7 Å². The van der Waals surface area contributed by atoms with Crippen molar-refractivity contribution in [3.05, 3.63) is 28.8 Å². The van der Waals surface area contributed by atoms with Crippen molar-refractivity contribution >= 4 is 17.3 Å². The monoisotopic (exact) mass is 266 g/mol. The van der Waals surface area contributed by atoms with Gasteiger partial charge < -0.3 is 10.6 Å². The zero-order valence-corrected chi connectivity index (χ0v) is 12.2. The van der Waals surface area contributed by atoms with Crippen LogP contribution in [-0.2, 0) is 0 Å². The molecule has 2 nitrogen and oxygen atoms in total. The highest BCUT2D eigenvalue weighted by Crippen LogP contribution is 2.35. The fourth-order valence-corrected chi connectivity index (χ4v) is 2.50. The molecule has 2 rings (SSSR count). The fraction of sp³-hybridized carbons (Fsp3) is 0.600. The molecule has 1 fully saturated rings. The lowest BCUT2D eigenvalue weighted by Crippen LogP contribution is -2.33. The quantitative estimate of drug-likeness (QED) is 0.873. The van der Waals surface area contributed by atoms with Gasteiger partial charge >= 0.3 is 0 Å². The van der Waals surface area contributed by atoms with E-state index in [0.717, 1.165) is 28.7 Å². The van der Waals surface area contributed by atoms with Crippen LogP contribution in [0.3, 0.4) is 0 Å². The van der Waals surface area contributed by atoms with Gasteiger partial charge in [0.1, 0.15) is 0 Å². The van der Waals surface area contributed by atoms with E-state index in [-0.39, 0.29) is 6.04 Å². The average Bonchev–Trinajstić information content (AvgIpc) is 3.09. The van der Waals surface area contributed by atoms with Crippen LogP contribution in [0.15, 0.2) is 18.2 Å². The number of benzene rings is 1. The number of rotatable bonds is 5. The molecule has 0 saturated heterocycles. The molecule has 0 heterocycles. The lowest BCUT2D eigenvalue weighted by atomic mass is 10.1. The largest absolute Gasteiger partial charge is 0.368 e. The van der Waals surface area contributed by atoms with Crippen molar-refractivity contribution in [1.29, 1.82) is 0 Å². The van der Waals surface area contributed by atoms with Gasteiger partial charge in [-0.05, 0) is 57.2 Å². The molecule has 0 bridgehead atoms. The van der Waals surface area contributed by atoms with Crippen molar-refractivity contribution in [2.24, 2.45) is 11.7 Å². The van der Waals surface area contributed by atoms with E-state index in [1.807, 2.05) is 13.0 Å². The van der Waals surface area contributed by atoms with Gasteiger partial charge in [-0.3, -0.25) is 0 Å². The maximum absolute atomic E-state index is 6.42. The third kappa shape index (κ3) is 3.18. The molecule has 0 spiro atoms. The number of halogens is 1. The second kappa shape index (κ2) is 5.50. The van der Waals surface area contributed by atoms with E-state index in [0.29, 0.717) is 6.04 Å². The molecule has 0 aliphatic heterocycles. The normalized spacial score (nSPS) is 17.0. The van der Waals surface area contributed by atoms with Gasteiger partial charge in [-0.1, -0.05) is 17.7 Å². The first-order chi connectivity index (χ1) is 8.49. The minimum absolute atomic E-state index is 0.0347. The predicted molar refractivity (Wildman–Crippen MR) is 79.3 cm³/mol. The second-order valence-electron chi connectivity index (χ2n) is 5.69. The molecule has 1 aliphatic rings. The predicted octanol–water partition coefficient (Wildman–Crippen LogP) is 3.98. The third-order valence-corrected chi connectivity index (χ3v) is 3.88. The molecule has 1 unspecified atom stereocenters. The minimum Gasteiger partial charge on any atom is -0.368 e. The number of anilines is 1. The summed E-state index contributed by atoms with van der Waals surface area (Å²) in [6, 6.07) is 6.72. The summed E-state index contributed by atoms with van der Waals surface area (Å²) in [6.45, 7) is 7.54. The molecule has 0 aromatic heterocycles. The van der Waals surface area contributed by atoms with Gasteiger partial charge in [0, 0.05) is 18.6 Å². The Hall–Kier alpha value is -0.730. The van der Waals surface area contributed by atoms with E-state index in [9.17, 15) is 0 Å². The van der Waals surface area contributed by atoms with Crippen LogP contribution < -0.4 is 10.6 Å². The summed E-state index contributed by atoms with van der Waals surface area (Å²) >= 11 is 6.42. The van der Waals surface area contributed by atoms with Gasteiger partial charge in [0.25, 0.3) is 0 Å². The van der Waals surface area contributed by atoms with E-state index < -0.39 is 0 Å². The standard InChI is InChI=1S/C15H23ClN2/c1-10(2)18(9-12-4-5-12)15-7-6-13(11(3)17)8-14(15)16/h6-8,10-12H,4-5,9,17H2,1-3H3. The second-order valence-corrected chi connectivity index (χ2v) is 6.10. The molecule has 0 radical (unpaired) electrons. The molecule has 1 aliphatic carbocycles. The van der Waals surface area contributed by atoms with Gasteiger partial charge in [-0.15, -0.1) is 0 Å². The summed E-state index contributed by atoms with van der Waals surface area (Å²) in [7, 11) is 0. The molecule has 100 valence electrons. The first-order valence-electron chi connectivity index (χ1n) is 6.80. The molecular weight excluding hydrogens is 244 g/mol. The topological polar surface area (TPSA) is 29.3 Å². The van der Waals surface area contributed by atoms with Crippen molar-refractivity contribution in [2.75, 3.05) is 11.4 Å². The Kier molecular flexibility index (Phi) is 4.18. The smallest absolute Gasteiger partial charge is 0.0642 e. The van der Waals surface area contributed by atoms with Crippen molar-refractivity contribution in [3.63, 3.8) is 0 Å². The molecular formula is C15H23ClN2. The van der Waals surface area contributed by atoms with E-state index >= 15 is 0 Å². The summed E-state index contributed by atoms with van der Waals surface area (Å²) in [5.41, 5.74) is 8.12. The Labute approximate surface area is 115 Å². The lowest BCUT2D eigenvalue weighted by Gasteiger charge is -2.30. The van der Waals surface area contributed by atoms with Crippen LogP contribution in [0.2, 0.25) is 5.02 Å². The summed E-state index contributed by atoms with van der Waals surface area (Å²) in [5, 5.41) is 0.819. The van der Waals surface area contributed by atoms with Crippen LogP contribution >= 0.6 is 11.6 Å². The van der Waals surface area contributed by atoms with Gasteiger partial charge in [0.2, 0.25) is 0 Å². The Morgan fingerprint density at radius 3 is 2.44 bits per heavy atom. The van der Waals surface area contributed by atoms with Crippen LogP contribution in [-0.4, -0.2) is 12.6 Å². The SMILES string of the molecule is CC(N)c1ccc(N(CC2CC2)C(C)C)c(Cl)c1. The zero-order chi connectivity index (χ0) is 13.3. The zero-order valence-electron chi connectivity index (χ0n) is 11.5. The summed E-state index contributed by atoms with van der Waals surface area (Å²) in [6.07, 6.45) is 2.72. The van der Waals surface area contributed by atoms with Crippen molar-refractivity contribution < 1.29 is 0 Å². The van der Waals surface area contributed by atoms with Crippen molar-refractivity contribution in [1.82, 2.24) is 0 Å². The number of nitrogens with zero attached hydrogens (tertiary/aromatic N) is 1. The molecule has 2 N–H and O–H groups in total. The highest BCUT2D eigenvalue weighted by Gasteiger charge is 2.26. The molecule has 3 heteroatoms. The van der Waals surface area contributed by atoms with Crippen LogP contribution in [0.25, 0.3) is 0 Å². The van der Waals surface area contributed by atoms with E-state index in [2.05, 4.69) is 30.9 Å². The Bertz CT molecular complexity index is 411. The molecule has 1 saturated carbocycles. The number of hydrogen-bond donors (Lipinski definition) is 1. The maximum Gasteiger partial charge on any atom is 0.0642 e. The van der Waals surface area contributed by atoms with E-state index in [4.69, 9.17) is 17.3 Å². The van der Waals surface area contributed by atoms with Crippen LogP contribution in [0.4, 0.5) is 5.69 Å². The first kappa shape index (κ1) is 13.7. The van der Waals surface area contributed by atoms with E-state index in [1.165, 1.54) is 12.8 Å². The maximum atomic E-state index is 6.42. The van der Waals surface area contributed by atoms with Crippen molar-refractivity contribution in [2.45, 2.75) is 45.7 Å². The molecule has 0 amide bonds. The Morgan fingerprint density at radius 2 is 2.00 bits per heavy atom. The number of nitrogens with two attached hydrogens (primary N) is 1.